The largest absolute Gasteiger partial charge is 0.495 e. The van der Waals surface area contributed by atoms with Crippen molar-refractivity contribution in [1.82, 2.24) is 19.9 Å². The summed E-state index contributed by atoms with van der Waals surface area (Å²) in [7, 11) is 3.16. The highest BCUT2D eigenvalue weighted by Gasteiger charge is 2.26. The molecule has 0 radical (unpaired) electrons. The molecule has 1 atom stereocenters. The third-order valence-corrected chi connectivity index (χ3v) is 5.25. The van der Waals surface area contributed by atoms with E-state index in [0.29, 0.717) is 41.8 Å². The van der Waals surface area contributed by atoms with Crippen molar-refractivity contribution in [3.05, 3.63) is 41.7 Å². The first-order valence-corrected chi connectivity index (χ1v) is 11.2. The van der Waals surface area contributed by atoms with Crippen LogP contribution in [-0.2, 0) is 16.1 Å². The number of anilines is 3. The van der Waals surface area contributed by atoms with Crippen molar-refractivity contribution < 1.29 is 23.8 Å². The summed E-state index contributed by atoms with van der Waals surface area (Å²) in [6.45, 7) is 7.91. The average molecular weight is 483 g/mol. The van der Waals surface area contributed by atoms with Gasteiger partial charge in [0, 0.05) is 19.2 Å². The number of aromatic nitrogens is 3. The van der Waals surface area contributed by atoms with E-state index in [4.69, 9.17) is 14.2 Å². The standard InChI is InChI=1S/C24H30N6O5/c1-14-12-34-13-15-7-8-19(33-6)16(9-15)27-20-10-17(29(5)23(32)35-24(2,3)4)21-25-11-18(22(31)26-14)30(21)28-20/h7-11,14H,12-13H2,1-6H3,(H,26,31)(H,27,28). The van der Waals surface area contributed by atoms with Crippen molar-refractivity contribution in [2.75, 3.05) is 31.0 Å². The molecule has 0 spiro atoms. The quantitative estimate of drug-likeness (QED) is 0.570. The van der Waals surface area contributed by atoms with Crippen molar-refractivity contribution in [3.63, 3.8) is 0 Å². The maximum atomic E-state index is 13.0. The normalized spacial score (nSPS) is 16.3. The molecule has 11 nitrogen and oxygen atoms in total. The second-order valence-corrected chi connectivity index (χ2v) is 9.38. The number of carbonyl (C=O) groups excluding carboxylic acids is 2. The molecule has 2 N–H and O–H groups in total. The summed E-state index contributed by atoms with van der Waals surface area (Å²) >= 11 is 0. The van der Waals surface area contributed by atoms with Crippen LogP contribution >= 0.6 is 0 Å². The van der Waals surface area contributed by atoms with Crippen LogP contribution in [0.4, 0.5) is 22.0 Å². The minimum Gasteiger partial charge on any atom is -0.495 e. The van der Waals surface area contributed by atoms with Crippen LogP contribution in [0.25, 0.3) is 5.65 Å². The number of methoxy groups -OCH3 is 1. The predicted octanol–water partition coefficient (Wildman–Crippen LogP) is 3.50. The molecular formula is C24H30N6O5. The molecule has 11 heteroatoms. The van der Waals surface area contributed by atoms with E-state index in [2.05, 4.69) is 20.7 Å². The first-order chi connectivity index (χ1) is 16.6. The zero-order valence-corrected chi connectivity index (χ0v) is 20.7. The molecule has 0 fully saturated rings. The lowest BCUT2D eigenvalue weighted by Crippen LogP contribution is -2.37. The van der Waals surface area contributed by atoms with Gasteiger partial charge in [-0.2, -0.15) is 0 Å². The van der Waals surface area contributed by atoms with Crippen LogP contribution in [-0.4, -0.2) is 59.0 Å². The predicted molar refractivity (Wildman–Crippen MR) is 130 cm³/mol. The number of imidazole rings is 1. The zero-order chi connectivity index (χ0) is 25.3. The molecule has 3 aromatic rings. The van der Waals surface area contributed by atoms with Crippen molar-refractivity contribution in [2.45, 2.75) is 45.9 Å². The fourth-order valence-corrected chi connectivity index (χ4v) is 3.62. The Kier molecular flexibility index (Phi) is 6.53. The Morgan fingerprint density at radius 2 is 2.06 bits per heavy atom. The third kappa shape index (κ3) is 5.29. The van der Waals surface area contributed by atoms with E-state index >= 15 is 0 Å². The number of carbonyl (C=O) groups is 2. The molecule has 1 aliphatic heterocycles. The highest BCUT2D eigenvalue weighted by Crippen LogP contribution is 2.31. The Labute approximate surface area is 203 Å². The molecule has 4 bridgehead atoms. The molecule has 1 unspecified atom stereocenters. The van der Waals surface area contributed by atoms with E-state index < -0.39 is 11.7 Å². The fraction of sp³-hybridized carbons (Fsp3) is 0.417. The van der Waals surface area contributed by atoms with Crippen molar-refractivity contribution >= 4 is 34.8 Å². The van der Waals surface area contributed by atoms with Crippen LogP contribution in [0.5, 0.6) is 5.75 Å². The number of nitrogens with zero attached hydrogens (tertiary/aromatic N) is 4. The molecule has 0 saturated carbocycles. The van der Waals surface area contributed by atoms with Gasteiger partial charge in [-0.25, -0.2) is 14.3 Å². The molecule has 4 rings (SSSR count). The number of rotatable bonds is 2. The first-order valence-electron chi connectivity index (χ1n) is 11.2. The van der Waals surface area contributed by atoms with Gasteiger partial charge in [-0.3, -0.25) is 9.69 Å². The molecule has 3 heterocycles. The lowest BCUT2D eigenvalue weighted by atomic mass is 10.2. The van der Waals surface area contributed by atoms with E-state index in [0.717, 1.165) is 5.56 Å². The summed E-state index contributed by atoms with van der Waals surface area (Å²) in [6, 6.07) is 7.08. The molecule has 186 valence electrons. The summed E-state index contributed by atoms with van der Waals surface area (Å²) in [4.78, 5) is 31.6. The van der Waals surface area contributed by atoms with Crippen molar-refractivity contribution in [3.8, 4) is 5.75 Å². The molecule has 2 amide bonds. The van der Waals surface area contributed by atoms with Crippen molar-refractivity contribution in [1.29, 1.82) is 0 Å². The number of fused-ring (bicyclic) bond motifs is 3. The molecule has 1 aromatic carbocycles. The second kappa shape index (κ2) is 9.41. The maximum Gasteiger partial charge on any atom is 0.414 e. The van der Waals surface area contributed by atoms with Gasteiger partial charge < -0.3 is 24.8 Å². The summed E-state index contributed by atoms with van der Waals surface area (Å²) in [6.07, 6.45) is 0.861. The Hall–Kier alpha value is -3.86. The minimum atomic E-state index is -0.685. The Morgan fingerprint density at radius 3 is 2.77 bits per heavy atom. The van der Waals surface area contributed by atoms with Gasteiger partial charge in [0.1, 0.15) is 11.4 Å². The highest BCUT2D eigenvalue weighted by molar-refractivity contribution is 5.96. The minimum absolute atomic E-state index is 0.215. The van der Waals surface area contributed by atoms with Gasteiger partial charge in [-0.15, -0.1) is 5.10 Å². The van der Waals surface area contributed by atoms with Gasteiger partial charge >= 0.3 is 6.09 Å². The number of hydrogen-bond donors (Lipinski definition) is 2. The molecule has 0 aliphatic carbocycles. The topological polar surface area (TPSA) is 119 Å². The molecule has 0 saturated heterocycles. The maximum absolute atomic E-state index is 13.0. The molecule has 1 aliphatic rings. The van der Waals surface area contributed by atoms with Gasteiger partial charge in [0.15, 0.2) is 17.2 Å². The number of amides is 2. The Bertz CT molecular complexity index is 1270. The number of ether oxygens (including phenoxy) is 3. The molecular weight excluding hydrogens is 452 g/mol. The van der Waals surface area contributed by atoms with E-state index in [9.17, 15) is 9.59 Å². The monoisotopic (exact) mass is 482 g/mol. The van der Waals surface area contributed by atoms with Crippen LogP contribution in [0, 0.1) is 0 Å². The summed E-state index contributed by atoms with van der Waals surface area (Å²) in [5, 5.41) is 10.8. The highest BCUT2D eigenvalue weighted by atomic mass is 16.6. The lowest BCUT2D eigenvalue weighted by Gasteiger charge is -2.25. The first kappa shape index (κ1) is 24.3. The average Bonchev–Trinajstić information content (AvgIpc) is 3.20. The van der Waals surface area contributed by atoms with Gasteiger partial charge in [0.2, 0.25) is 0 Å². The Morgan fingerprint density at radius 1 is 1.29 bits per heavy atom. The van der Waals surface area contributed by atoms with Gasteiger partial charge in [0.05, 0.1) is 37.9 Å². The summed E-state index contributed by atoms with van der Waals surface area (Å²) in [5.41, 5.74) is 1.84. The third-order valence-electron chi connectivity index (χ3n) is 5.25. The molecule has 2 aromatic heterocycles. The van der Waals surface area contributed by atoms with E-state index in [1.807, 2.05) is 25.1 Å². The number of nitrogens with one attached hydrogen (secondary N) is 2. The number of hydrogen-bond acceptors (Lipinski definition) is 8. The second-order valence-electron chi connectivity index (χ2n) is 9.38. The van der Waals surface area contributed by atoms with Gasteiger partial charge in [-0.1, -0.05) is 6.07 Å². The van der Waals surface area contributed by atoms with Crippen LogP contribution in [0.3, 0.4) is 0 Å². The van der Waals surface area contributed by atoms with Crippen LogP contribution in [0.15, 0.2) is 30.5 Å². The fourth-order valence-electron chi connectivity index (χ4n) is 3.62. The van der Waals surface area contributed by atoms with E-state index in [-0.39, 0.29) is 17.6 Å². The van der Waals surface area contributed by atoms with Crippen LogP contribution in [0.1, 0.15) is 43.7 Å². The van der Waals surface area contributed by atoms with Crippen molar-refractivity contribution in [2.24, 2.45) is 0 Å². The molecule has 35 heavy (non-hydrogen) atoms. The van der Waals surface area contributed by atoms with Crippen LogP contribution in [0.2, 0.25) is 0 Å². The summed E-state index contributed by atoms with van der Waals surface area (Å²) < 4.78 is 18.3. The van der Waals surface area contributed by atoms with Crippen LogP contribution < -0.4 is 20.3 Å². The number of benzene rings is 1. The Balaban J connectivity index is 1.87. The zero-order valence-electron chi connectivity index (χ0n) is 20.7. The SMILES string of the molecule is COc1ccc2cc1Nc1cc(N(C)C(=O)OC(C)(C)C)c3ncc(n3n1)C(=O)NC(C)COC2. The smallest absolute Gasteiger partial charge is 0.414 e. The lowest BCUT2D eigenvalue weighted by molar-refractivity contribution is 0.0589. The van der Waals surface area contributed by atoms with E-state index in [1.165, 1.54) is 15.6 Å². The van der Waals surface area contributed by atoms with E-state index in [1.54, 1.807) is 41.0 Å². The summed E-state index contributed by atoms with van der Waals surface area (Å²) in [5.74, 6) is 0.607. The van der Waals surface area contributed by atoms with Gasteiger partial charge in [-0.05, 0) is 45.4 Å². The van der Waals surface area contributed by atoms with Gasteiger partial charge in [0.25, 0.3) is 5.91 Å².